The highest BCUT2D eigenvalue weighted by Crippen LogP contribution is 2.49. The third kappa shape index (κ3) is 3.36. The second-order valence-electron chi connectivity index (χ2n) is 7.35. The summed E-state index contributed by atoms with van der Waals surface area (Å²) in [4.78, 5) is 15.3. The second-order valence-corrected chi connectivity index (χ2v) is 9.78. The van der Waals surface area contributed by atoms with Gasteiger partial charge in [-0.15, -0.1) is 0 Å². The average molecular weight is 385 g/mol. The van der Waals surface area contributed by atoms with Gasteiger partial charge in [0.15, 0.2) is 0 Å². The largest absolute Gasteiger partial charge is 0.366 e. The van der Waals surface area contributed by atoms with E-state index in [-0.39, 0.29) is 5.92 Å². The van der Waals surface area contributed by atoms with Gasteiger partial charge >= 0.3 is 0 Å². The number of aromatic nitrogens is 1. The summed E-state index contributed by atoms with van der Waals surface area (Å²) >= 11 is 0. The number of H-pyrrole nitrogens is 1. The molecule has 1 aliphatic rings. The van der Waals surface area contributed by atoms with E-state index in [9.17, 15) is 13.9 Å². The first-order chi connectivity index (χ1) is 12.9. The highest BCUT2D eigenvalue weighted by Gasteiger charge is 2.27. The van der Waals surface area contributed by atoms with Crippen molar-refractivity contribution in [2.24, 2.45) is 5.73 Å². The second kappa shape index (κ2) is 6.71. The number of aromatic amines is 1. The van der Waals surface area contributed by atoms with Gasteiger partial charge in [-0.25, -0.2) is 0 Å². The van der Waals surface area contributed by atoms with Gasteiger partial charge in [0, 0.05) is 23.1 Å². The minimum atomic E-state index is -2.42. The van der Waals surface area contributed by atoms with Gasteiger partial charge in [0.25, 0.3) is 5.91 Å². The van der Waals surface area contributed by atoms with Gasteiger partial charge in [0.2, 0.25) is 0 Å². The number of hydrogen-bond acceptors (Lipinski definition) is 3. The van der Waals surface area contributed by atoms with Crippen molar-refractivity contribution in [1.82, 2.24) is 4.98 Å². The third-order valence-electron chi connectivity index (χ3n) is 5.57. The number of hydrogen-bond donors (Lipinski definition) is 4. The smallest absolute Gasteiger partial charge is 0.250 e. The number of carbonyl (C=O) groups is 1. The predicted molar refractivity (Wildman–Crippen MR) is 112 cm³/mol. The number of aryl methyl sites for hydroxylation is 1. The standard InChI is InChI=1S/C21H24N2O3S/c1-13-4-2-3-5-16(13)15-10-17-19(14-6-8-27(25,26)9-7-14)12-23-20(17)18(11-15)21(22)24/h2-5,10-12,14,23,25-26H,6-9H2,1H3,(H2,22,24). The maximum absolute atomic E-state index is 12.1. The van der Waals surface area contributed by atoms with Crippen LogP contribution in [0.25, 0.3) is 22.0 Å². The molecule has 4 rings (SSSR count). The fourth-order valence-electron chi connectivity index (χ4n) is 4.06. The van der Waals surface area contributed by atoms with Gasteiger partial charge in [-0.3, -0.25) is 13.9 Å². The Kier molecular flexibility index (Phi) is 4.50. The van der Waals surface area contributed by atoms with Crippen molar-refractivity contribution in [2.45, 2.75) is 25.7 Å². The maximum Gasteiger partial charge on any atom is 0.250 e. The molecule has 27 heavy (non-hydrogen) atoms. The molecule has 1 aromatic heterocycles. The van der Waals surface area contributed by atoms with Crippen LogP contribution in [-0.2, 0) is 0 Å². The van der Waals surface area contributed by atoms with Crippen LogP contribution in [0.4, 0.5) is 0 Å². The number of fused-ring (bicyclic) bond motifs is 1. The number of nitrogens with one attached hydrogen (secondary N) is 1. The number of nitrogens with two attached hydrogens (primary N) is 1. The SMILES string of the molecule is Cc1ccccc1-c1cc(C(N)=O)c2[nH]cc(C3CCS(O)(O)CC3)c2c1. The molecule has 0 saturated carbocycles. The molecule has 1 saturated heterocycles. The molecule has 0 unspecified atom stereocenters. The van der Waals surface area contributed by atoms with Crippen LogP contribution in [0.15, 0.2) is 42.6 Å². The fourth-order valence-corrected chi connectivity index (χ4v) is 5.58. The molecule has 6 heteroatoms. The molecular weight excluding hydrogens is 360 g/mol. The van der Waals surface area contributed by atoms with Crippen molar-refractivity contribution in [3.05, 3.63) is 59.3 Å². The van der Waals surface area contributed by atoms with Gasteiger partial charge in [-0.05, 0) is 60.1 Å². The summed E-state index contributed by atoms with van der Waals surface area (Å²) in [7, 11) is -2.42. The van der Waals surface area contributed by atoms with Gasteiger partial charge in [-0.2, -0.15) is 10.6 Å². The highest BCUT2D eigenvalue weighted by molar-refractivity contribution is 8.24. The Morgan fingerprint density at radius 3 is 2.56 bits per heavy atom. The summed E-state index contributed by atoms with van der Waals surface area (Å²) in [5.74, 6) is 0.655. The molecule has 1 fully saturated rings. The van der Waals surface area contributed by atoms with Gasteiger partial charge in [0.05, 0.1) is 11.1 Å². The molecule has 0 aliphatic carbocycles. The topological polar surface area (TPSA) is 99.3 Å². The van der Waals surface area contributed by atoms with Crippen LogP contribution in [0.1, 0.15) is 40.2 Å². The van der Waals surface area contributed by atoms with Crippen molar-refractivity contribution >= 4 is 27.4 Å². The zero-order valence-corrected chi connectivity index (χ0v) is 16.1. The van der Waals surface area contributed by atoms with E-state index >= 15 is 0 Å². The third-order valence-corrected chi connectivity index (χ3v) is 7.35. The van der Waals surface area contributed by atoms with Crippen LogP contribution >= 0.6 is 10.6 Å². The van der Waals surface area contributed by atoms with E-state index in [1.807, 2.05) is 43.5 Å². The molecular formula is C21H24N2O3S. The van der Waals surface area contributed by atoms with Crippen LogP contribution in [0.5, 0.6) is 0 Å². The first-order valence-electron chi connectivity index (χ1n) is 9.10. The summed E-state index contributed by atoms with van der Waals surface area (Å²) in [6.45, 7) is 2.05. The number of benzene rings is 2. The Balaban J connectivity index is 1.86. The molecule has 142 valence electrons. The lowest BCUT2D eigenvalue weighted by molar-refractivity contribution is 0.100. The molecule has 0 radical (unpaired) electrons. The van der Waals surface area contributed by atoms with Gasteiger partial charge in [-0.1, -0.05) is 24.3 Å². The molecule has 5 N–H and O–H groups in total. The lowest BCUT2D eigenvalue weighted by Gasteiger charge is -2.39. The summed E-state index contributed by atoms with van der Waals surface area (Å²) in [6.07, 6.45) is 3.41. The molecule has 2 heterocycles. The summed E-state index contributed by atoms with van der Waals surface area (Å²) < 4.78 is 19.8. The number of rotatable bonds is 3. The van der Waals surface area contributed by atoms with Crippen molar-refractivity contribution in [2.75, 3.05) is 11.5 Å². The van der Waals surface area contributed by atoms with E-state index in [0.717, 1.165) is 46.0 Å². The highest BCUT2D eigenvalue weighted by atomic mass is 32.3. The molecule has 0 spiro atoms. The average Bonchev–Trinajstić information content (AvgIpc) is 3.05. The van der Waals surface area contributed by atoms with Crippen molar-refractivity contribution < 1.29 is 13.9 Å². The van der Waals surface area contributed by atoms with Gasteiger partial charge < -0.3 is 10.7 Å². The van der Waals surface area contributed by atoms with Crippen molar-refractivity contribution in [3.8, 4) is 11.1 Å². The van der Waals surface area contributed by atoms with Crippen LogP contribution in [0.3, 0.4) is 0 Å². The van der Waals surface area contributed by atoms with Crippen LogP contribution in [-0.4, -0.2) is 31.5 Å². The van der Waals surface area contributed by atoms with E-state index in [0.29, 0.717) is 17.1 Å². The van der Waals surface area contributed by atoms with E-state index in [2.05, 4.69) is 11.1 Å². The van der Waals surface area contributed by atoms with Gasteiger partial charge in [0.1, 0.15) is 0 Å². The predicted octanol–water partition coefficient (Wildman–Crippen LogP) is 4.87. The van der Waals surface area contributed by atoms with Crippen LogP contribution in [0, 0.1) is 6.92 Å². The minimum Gasteiger partial charge on any atom is -0.366 e. The first-order valence-corrected chi connectivity index (χ1v) is 11.0. The summed E-state index contributed by atoms with van der Waals surface area (Å²) in [5, 5.41) is 0.993. The molecule has 1 amide bonds. The lowest BCUT2D eigenvalue weighted by Crippen LogP contribution is -2.19. The zero-order chi connectivity index (χ0) is 19.2. The number of primary amides is 1. The molecule has 2 aromatic carbocycles. The van der Waals surface area contributed by atoms with Crippen LogP contribution in [0.2, 0.25) is 0 Å². The normalized spacial score (nSPS) is 18.5. The molecule has 3 aromatic rings. The Bertz CT molecular complexity index is 1020. The van der Waals surface area contributed by atoms with E-state index < -0.39 is 16.5 Å². The van der Waals surface area contributed by atoms with E-state index in [4.69, 9.17) is 5.73 Å². The quantitative estimate of drug-likeness (QED) is 0.518. The zero-order valence-electron chi connectivity index (χ0n) is 15.2. The Labute approximate surface area is 159 Å². The van der Waals surface area contributed by atoms with Crippen molar-refractivity contribution in [3.63, 3.8) is 0 Å². The molecule has 1 aliphatic heterocycles. The number of carbonyl (C=O) groups excluding carboxylic acids is 1. The Morgan fingerprint density at radius 1 is 1.19 bits per heavy atom. The van der Waals surface area contributed by atoms with E-state index in [1.165, 1.54) is 0 Å². The summed E-state index contributed by atoms with van der Waals surface area (Å²) in [5.41, 5.74) is 11.2. The maximum atomic E-state index is 12.1. The van der Waals surface area contributed by atoms with E-state index in [1.54, 1.807) is 0 Å². The molecule has 5 nitrogen and oxygen atoms in total. The first kappa shape index (κ1) is 18.1. The monoisotopic (exact) mass is 384 g/mol. The summed E-state index contributed by atoms with van der Waals surface area (Å²) in [6, 6.07) is 12.0. The fraction of sp³-hybridized carbons (Fsp3) is 0.286. The number of amides is 1. The molecule has 0 bridgehead atoms. The van der Waals surface area contributed by atoms with Crippen LogP contribution < -0.4 is 5.73 Å². The lowest BCUT2D eigenvalue weighted by atomic mass is 9.90. The molecule has 0 atom stereocenters. The Morgan fingerprint density at radius 2 is 1.89 bits per heavy atom. The van der Waals surface area contributed by atoms with Crippen molar-refractivity contribution in [1.29, 1.82) is 0 Å². The minimum absolute atomic E-state index is 0.242. The Hall–Kier alpha value is -2.28.